The van der Waals surface area contributed by atoms with Crippen LogP contribution in [0, 0.1) is 6.07 Å². The van der Waals surface area contributed by atoms with Crippen molar-refractivity contribution in [3.8, 4) is 11.3 Å². The summed E-state index contributed by atoms with van der Waals surface area (Å²) in [6, 6.07) is 32.1. The Kier molecular flexibility index (Phi) is 5.61. The number of rotatable bonds is 2. The second kappa shape index (κ2) is 8.58. The molecule has 0 atom stereocenters. The van der Waals surface area contributed by atoms with Crippen LogP contribution >= 0.6 is 0 Å². The van der Waals surface area contributed by atoms with Crippen molar-refractivity contribution in [2.45, 2.75) is 4.90 Å². The van der Waals surface area contributed by atoms with Gasteiger partial charge in [-0.3, -0.25) is 4.98 Å². The minimum atomic E-state index is 0. The van der Waals surface area contributed by atoms with Crippen LogP contribution in [0.2, 0.25) is 0 Å². The van der Waals surface area contributed by atoms with E-state index >= 15 is 0 Å². The van der Waals surface area contributed by atoms with Crippen molar-refractivity contribution < 1.29 is 21.1 Å². The molecule has 0 N–H and O–H groups in total. The summed E-state index contributed by atoms with van der Waals surface area (Å²) in [5, 5.41) is 1.04. The van der Waals surface area contributed by atoms with Crippen molar-refractivity contribution in [2.24, 2.45) is 0 Å². The number of fused-ring (bicyclic) bond motifs is 3. The Morgan fingerprint density at radius 2 is 1.61 bits per heavy atom. The maximum atomic E-state index is 5.51. The van der Waals surface area contributed by atoms with Crippen molar-refractivity contribution >= 4 is 52.1 Å². The third-order valence-electron chi connectivity index (χ3n) is 5.81. The molecular formula is C27H18N4PtS. The first-order valence-electron chi connectivity index (χ1n) is 10.4. The summed E-state index contributed by atoms with van der Waals surface area (Å²) < 4.78 is 0. The molecular weight excluding hydrogens is 607 g/mol. The molecule has 0 amide bonds. The SMILES string of the molecule is CN1c2ccc(-c3ccc4cccc([S-])c4n3)[c-]c2N(c2ccccn2)c2ccccc21.[Pt+2]. The monoisotopic (exact) mass is 625 g/mol. The van der Waals surface area contributed by atoms with Crippen molar-refractivity contribution in [1.29, 1.82) is 0 Å². The molecule has 6 heteroatoms. The van der Waals surface area contributed by atoms with E-state index < -0.39 is 0 Å². The zero-order chi connectivity index (χ0) is 21.7. The van der Waals surface area contributed by atoms with E-state index in [-0.39, 0.29) is 21.1 Å². The van der Waals surface area contributed by atoms with Crippen molar-refractivity contribution in [3.05, 3.63) is 97.2 Å². The Hall–Kier alpha value is -3.27. The molecule has 3 heterocycles. The van der Waals surface area contributed by atoms with Gasteiger partial charge in [-0.25, -0.2) is 4.98 Å². The minimum Gasteiger partial charge on any atom is -0.778 e. The van der Waals surface area contributed by atoms with Gasteiger partial charge >= 0.3 is 21.1 Å². The molecule has 0 spiro atoms. The normalized spacial score (nSPS) is 12.2. The predicted molar refractivity (Wildman–Crippen MR) is 132 cm³/mol. The fourth-order valence-corrected chi connectivity index (χ4v) is 4.49. The standard InChI is InChI=1S/C27H19N4S.Pt/c1-30-21-8-2-3-9-23(21)31(26-11-4-5-16-28-26)24-17-19(13-15-22(24)30)20-14-12-18-7-6-10-25(32)27(18)29-20;/h2-16,32H,1H3;/q-1;+2/p-1. The molecule has 162 valence electrons. The number of aromatic nitrogens is 2. The van der Waals surface area contributed by atoms with E-state index in [9.17, 15) is 0 Å². The van der Waals surface area contributed by atoms with Crippen LogP contribution in [-0.4, -0.2) is 17.0 Å². The number of benzene rings is 3. The van der Waals surface area contributed by atoms with Gasteiger partial charge in [0.15, 0.2) is 0 Å². The summed E-state index contributed by atoms with van der Waals surface area (Å²) in [5.74, 6) is 0.849. The van der Waals surface area contributed by atoms with Crippen LogP contribution < -0.4 is 9.80 Å². The Labute approximate surface area is 212 Å². The van der Waals surface area contributed by atoms with Crippen LogP contribution in [0.1, 0.15) is 0 Å². The van der Waals surface area contributed by atoms with Crippen LogP contribution in [-0.2, 0) is 33.7 Å². The zero-order valence-corrected chi connectivity index (χ0v) is 20.8. The quantitative estimate of drug-likeness (QED) is 0.164. The molecule has 3 aromatic carbocycles. The van der Waals surface area contributed by atoms with Gasteiger partial charge in [-0.05, 0) is 46.7 Å². The summed E-state index contributed by atoms with van der Waals surface area (Å²) in [4.78, 5) is 14.6. The van der Waals surface area contributed by atoms with Crippen LogP contribution in [0.3, 0.4) is 0 Å². The Morgan fingerprint density at radius 1 is 0.788 bits per heavy atom. The van der Waals surface area contributed by atoms with E-state index in [0.717, 1.165) is 55.6 Å². The number of para-hydroxylation sites is 3. The van der Waals surface area contributed by atoms with Crippen LogP contribution in [0.15, 0.2) is 96.0 Å². The zero-order valence-electron chi connectivity index (χ0n) is 17.7. The van der Waals surface area contributed by atoms with Gasteiger partial charge in [0.25, 0.3) is 0 Å². The van der Waals surface area contributed by atoms with Crippen molar-refractivity contribution in [1.82, 2.24) is 9.97 Å². The Balaban J connectivity index is 0.00000228. The van der Waals surface area contributed by atoms with Gasteiger partial charge in [-0.1, -0.05) is 48.5 Å². The fraction of sp³-hybridized carbons (Fsp3) is 0.0370. The molecule has 2 aromatic heterocycles. The summed E-state index contributed by atoms with van der Waals surface area (Å²) in [7, 11) is 2.08. The predicted octanol–water partition coefficient (Wildman–Crippen LogP) is 6.55. The van der Waals surface area contributed by atoms with Crippen LogP contribution in [0.25, 0.3) is 22.2 Å². The van der Waals surface area contributed by atoms with Crippen molar-refractivity contribution in [2.75, 3.05) is 16.8 Å². The summed E-state index contributed by atoms with van der Waals surface area (Å²) in [5.41, 5.74) is 6.78. The molecule has 6 rings (SSSR count). The Morgan fingerprint density at radius 3 is 2.42 bits per heavy atom. The molecule has 0 unspecified atom stereocenters. The molecule has 0 saturated heterocycles. The van der Waals surface area contributed by atoms with Gasteiger partial charge in [0, 0.05) is 18.8 Å². The van der Waals surface area contributed by atoms with Crippen LogP contribution in [0.5, 0.6) is 0 Å². The van der Waals surface area contributed by atoms with Gasteiger partial charge < -0.3 is 22.4 Å². The van der Waals surface area contributed by atoms with E-state index in [0.29, 0.717) is 0 Å². The van der Waals surface area contributed by atoms with Gasteiger partial charge in [-0.2, -0.15) is 0 Å². The molecule has 0 fully saturated rings. The maximum Gasteiger partial charge on any atom is 2.00 e. The molecule has 0 saturated carbocycles. The summed E-state index contributed by atoms with van der Waals surface area (Å²) in [6.45, 7) is 0. The molecule has 0 bridgehead atoms. The summed E-state index contributed by atoms with van der Waals surface area (Å²) >= 11 is 5.51. The molecule has 5 aromatic rings. The van der Waals surface area contributed by atoms with E-state index in [1.807, 2.05) is 54.7 Å². The first kappa shape index (κ1) is 21.6. The number of pyridine rings is 2. The number of anilines is 5. The van der Waals surface area contributed by atoms with E-state index in [4.69, 9.17) is 17.6 Å². The topological polar surface area (TPSA) is 32.3 Å². The van der Waals surface area contributed by atoms with Gasteiger partial charge in [-0.15, -0.1) is 28.7 Å². The van der Waals surface area contributed by atoms with Gasteiger partial charge in [0.2, 0.25) is 0 Å². The smallest absolute Gasteiger partial charge is 0.778 e. The molecule has 4 nitrogen and oxygen atoms in total. The second-order valence-corrected chi connectivity index (χ2v) is 8.14. The first-order valence-corrected chi connectivity index (χ1v) is 10.8. The van der Waals surface area contributed by atoms with E-state index in [1.54, 1.807) is 0 Å². The number of nitrogens with zero attached hydrogens (tertiary/aromatic N) is 4. The third-order valence-corrected chi connectivity index (χ3v) is 6.14. The third kappa shape index (κ3) is 3.58. The molecule has 1 aliphatic rings. The number of hydrogen-bond acceptors (Lipinski definition) is 5. The number of hydrogen-bond donors (Lipinski definition) is 0. The molecule has 0 radical (unpaired) electrons. The molecule has 1 aliphatic heterocycles. The summed E-state index contributed by atoms with van der Waals surface area (Å²) in [6.07, 6.45) is 1.82. The van der Waals surface area contributed by atoms with Gasteiger partial charge in [0.1, 0.15) is 5.82 Å². The van der Waals surface area contributed by atoms with E-state index in [1.165, 1.54) is 0 Å². The second-order valence-electron chi connectivity index (χ2n) is 7.70. The molecule has 33 heavy (non-hydrogen) atoms. The molecule has 0 aliphatic carbocycles. The maximum absolute atomic E-state index is 5.51. The first-order chi connectivity index (χ1) is 15.7. The average molecular weight is 626 g/mol. The van der Waals surface area contributed by atoms with Crippen LogP contribution in [0.4, 0.5) is 28.6 Å². The minimum absolute atomic E-state index is 0. The van der Waals surface area contributed by atoms with Gasteiger partial charge in [0.05, 0.1) is 11.4 Å². The average Bonchev–Trinajstić information content (AvgIpc) is 2.85. The fourth-order valence-electron chi connectivity index (χ4n) is 4.25. The Bertz CT molecular complexity index is 1470. The largest absolute Gasteiger partial charge is 2.00 e. The van der Waals surface area contributed by atoms with E-state index in [2.05, 4.69) is 64.3 Å². The van der Waals surface area contributed by atoms with Crippen molar-refractivity contribution in [3.63, 3.8) is 0 Å².